The fourth-order valence-electron chi connectivity index (χ4n) is 1.75. The fraction of sp³-hybridized carbons (Fsp3) is 0.0714. The van der Waals surface area contributed by atoms with Crippen LogP contribution in [0.15, 0.2) is 54.6 Å². The Kier molecular flexibility index (Phi) is 3.76. The molecule has 0 aliphatic rings. The molecule has 0 saturated carbocycles. The van der Waals surface area contributed by atoms with Crippen LogP contribution in [0.1, 0.15) is 15.9 Å². The smallest absolute Gasteiger partial charge is 0.267 e. The van der Waals surface area contributed by atoms with Gasteiger partial charge in [-0.2, -0.15) is 13.2 Å². The molecular formula is C14H11F3N2O. The lowest BCUT2D eigenvalue weighted by Crippen LogP contribution is -2.38. The molecule has 0 unspecified atom stereocenters. The van der Waals surface area contributed by atoms with Gasteiger partial charge >= 0.3 is 6.18 Å². The summed E-state index contributed by atoms with van der Waals surface area (Å²) in [4.78, 5) is 12.1. The molecule has 0 fully saturated rings. The van der Waals surface area contributed by atoms with Crippen molar-refractivity contribution in [3.8, 4) is 0 Å². The maximum atomic E-state index is 12.9. The van der Waals surface area contributed by atoms with E-state index in [0.29, 0.717) is 5.01 Å². The van der Waals surface area contributed by atoms with E-state index in [1.54, 1.807) is 18.2 Å². The van der Waals surface area contributed by atoms with Crippen LogP contribution >= 0.6 is 0 Å². The van der Waals surface area contributed by atoms with Crippen molar-refractivity contribution in [1.82, 2.24) is 0 Å². The minimum Gasteiger partial charge on any atom is -0.267 e. The molecule has 3 nitrogen and oxygen atoms in total. The second-order valence-electron chi connectivity index (χ2n) is 4.06. The van der Waals surface area contributed by atoms with Gasteiger partial charge in [0.05, 0.1) is 11.3 Å². The first kappa shape index (κ1) is 14.1. The average molecular weight is 280 g/mol. The number of halogens is 3. The third kappa shape index (κ3) is 2.80. The average Bonchev–Trinajstić information content (AvgIpc) is 2.46. The molecule has 0 aliphatic carbocycles. The Balaban J connectivity index is 2.40. The number of alkyl halides is 3. The van der Waals surface area contributed by atoms with Crippen molar-refractivity contribution in [3.63, 3.8) is 0 Å². The molecule has 0 aromatic heterocycles. The lowest BCUT2D eigenvalue weighted by atomic mass is 10.1. The van der Waals surface area contributed by atoms with Crippen molar-refractivity contribution in [2.45, 2.75) is 6.18 Å². The SMILES string of the molecule is NN(C(=O)c1ccccc1)c1ccccc1C(F)(F)F. The summed E-state index contributed by atoms with van der Waals surface area (Å²) in [6, 6.07) is 12.6. The number of nitrogens with two attached hydrogens (primary N) is 1. The molecule has 0 aliphatic heterocycles. The Labute approximate surface area is 113 Å². The van der Waals surface area contributed by atoms with Crippen molar-refractivity contribution in [2.75, 3.05) is 5.01 Å². The molecule has 2 rings (SSSR count). The Bertz CT molecular complexity index is 611. The number of benzene rings is 2. The van der Waals surface area contributed by atoms with Gasteiger partial charge in [0.25, 0.3) is 5.91 Å². The number of carbonyl (C=O) groups is 1. The van der Waals surface area contributed by atoms with Crippen molar-refractivity contribution in [2.24, 2.45) is 5.84 Å². The van der Waals surface area contributed by atoms with E-state index in [9.17, 15) is 18.0 Å². The van der Waals surface area contributed by atoms with E-state index in [1.807, 2.05) is 0 Å². The highest BCUT2D eigenvalue weighted by atomic mass is 19.4. The minimum absolute atomic E-state index is 0.215. The van der Waals surface area contributed by atoms with Crippen molar-refractivity contribution < 1.29 is 18.0 Å². The van der Waals surface area contributed by atoms with Crippen LogP contribution < -0.4 is 10.9 Å². The highest BCUT2D eigenvalue weighted by Gasteiger charge is 2.35. The Hall–Kier alpha value is -2.34. The predicted molar refractivity (Wildman–Crippen MR) is 68.9 cm³/mol. The van der Waals surface area contributed by atoms with Gasteiger partial charge in [-0.3, -0.25) is 4.79 Å². The highest BCUT2D eigenvalue weighted by Crippen LogP contribution is 2.35. The van der Waals surface area contributed by atoms with Crippen LogP contribution in [0.5, 0.6) is 0 Å². The van der Waals surface area contributed by atoms with Gasteiger partial charge in [-0.15, -0.1) is 0 Å². The zero-order valence-electron chi connectivity index (χ0n) is 10.3. The van der Waals surface area contributed by atoms with E-state index in [-0.39, 0.29) is 11.3 Å². The lowest BCUT2D eigenvalue weighted by molar-refractivity contribution is -0.137. The maximum absolute atomic E-state index is 12.9. The summed E-state index contributed by atoms with van der Waals surface area (Å²) in [5.74, 6) is 4.85. The van der Waals surface area contributed by atoms with Crippen LogP contribution in [-0.4, -0.2) is 5.91 Å². The van der Waals surface area contributed by atoms with Crippen molar-refractivity contribution in [3.05, 3.63) is 65.7 Å². The standard InChI is InChI=1S/C14H11F3N2O/c15-14(16,17)11-8-4-5-9-12(11)19(18)13(20)10-6-2-1-3-7-10/h1-9H,18H2. The van der Waals surface area contributed by atoms with E-state index >= 15 is 0 Å². The monoisotopic (exact) mass is 280 g/mol. The molecule has 0 spiro atoms. The Morgan fingerprint density at radius 1 is 0.950 bits per heavy atom. The van der Waals surface area contributed by atoms with Gasteiger partial charge in [0, 0.05) is 5.56 Å². The second-order valence-corrected chi connectivity index (χ2v) is 4.06. The first-order valence-electron chi connectivity index (χ1n) is 5.71. The summed E-state index contributed by atoms with van der Waals surface area (Å²) < 4.78 is 38.6. The number of hydrogen-bond acceptors (Lipinski definition) is 2. The maximum Gasteiger partial charge on any atom is 0.418 e. The number of amides is 1. The van der Waals surface area contributed by atoms with Crippen molar-refractivity contribution >= 4 is 11.6 Å². The Morgan fingerprint density at radius 3 is 2.10 bits per heavy atom. The third-order valence-electron chi connectivity index (χ3n) is 2.71. The normalized spacial score (nSPS) is 11.2. The van der Waals surface area contributed by atoms with E-state index in [2.05, 4.69) is 0 Å². The molecule has 0 heterocycles. The molecule has 2 aromatic rings. The number of hydrazine groups is 1. The molecule has 0 atom stereocenters. The van der Waals surface area contributed by atoms with Gasteiger partial charge in [0.1, 0.15) is 0 Å². The number of anilines is 1. The molecule has 0 radical (unpaired) electrons. The second kappa shape index (κ2) is 5.34. The van der Waals surface area contributed by atoms with Gasteiger partial charge in [0.15, 0.2) is 0 Å². The van der Waals surface area contributed by atoms with Gasteiger partial charge in [-0.25, -0.2) is 10.9 Å². The molecule has 2 aromatic carbocycles. The van der Waals surface area contributed by atoms with Crippen molar-refractivity contribution in [1.29, 1.82) is 0 Å². The van der Waals surface area contributed by atoms with Crippen LogP contribution in [0.4, 0.5) is 18.9 Å². The molecule has 1 amide bonds. The summed E-state index contributed by atoms with van der Waals surface area (Å²) in [5, 5.41) is 0.512. The largest absolute Gasteiger partial charge is 0.418 e. The predicted octanol–water partition coefficient (Wildman–Crippen LogP) is 3.23. The zero-order valence-corrected chi connectivity index (χ0v) is 10.3. The fourth-order valence-corrected chi connectivity index (χ4v) is 1.75. The summed E-state index contributed by atoms with van der Waals surface area (Å²) in [7, 11) is 0. The van der Waals surface area contributed by atoms with E-state index in [0.717, 1.165) is 12.1 Å². The number of nitrogens with zero attached hydrogens (tertiary/aromatic N) is 1. The van der Waals surface area contributed by atoms with Crippen LogP contribution in [0.25, 0.3) is 0 Å². The lowest BCUT2D eigenvalue weighted by Gasteiger charge is -2.21. The summed E-state index contributed by atoms with van der Waals surface area (Å²) in [6.45, 7) is 0. The topological polar surface area (TPSA) is 46.3 Å². The molecule has 0 bridgehead atoms. The third-order valence-corrected chi connectivity index (χ3v) is 2.71. The van der Waals surface area contributed by atoms with E-state index in [1.165, 1.54) is 24.3 Å². The first-order chi connectivity index (χ1) is 9.41. The highest BCUT2D eigenvalue weighted by molar-refractivity contribution is 6.05. The molecule has 0 saturated heterocycles. The minimum atomic E-state index is -4.58. The zero-order chi connectivity index (χ0) is 14.8. The quantitative estimate of drug-likeness (QED) is 0.521. The Morgan fingerprint density at radius 2 is 1.50 bits per heavy atom. The molecule has 2 N–H and O–H groups in total. The summed E-state index contributed by atoms with van der Waals surface area (Å²) in [5.41, 5.74) is -1.12. The van der Waals surface area contributed by atoms with Crippen LogP contribution in [0.3, 0.4) is 0 Å². The van der Waals surface area contributed by atoms with Gasteiger partial charge in [-0.05, 0) is 24.3 Å². The first-order valence-corrected chi connectivity index (χ1v) is 5.71. The summed E-state index contributed by atoms with van der Waals surface area (Å²) in [6.07, 6.45) is -4.58. The van der Waals surface area contributed by atoms with E-state index in [4.69, 9.17) is 5.84 Å². The number of carbonyl (C=O) groups excluding carboxylic acids is 1. The molecule has 6 heteroatoms. The van der Waals surface area contributed by atoms with Gasteiger partial charge in [0.2, 0.25) is 0 Å². The molecule has 20 heavy (non-hydrogen) atoms. The van der Waals surface area contributed by atoms with E-state index < -0.39 is 17.6 Å². The molecule has 104 valence electrons. The van der Waals surface area contributed by atoms with Gasteiger partial charge in [-0.1, -0.05) is 30.3 Å². The van der Waals surface area contributed by atoms with Crippen LogP contribution in [-0.2, 0) is 6.18 Å². The van der Waals surface area contributed by atoms with Gasteiger partial charge < -0.3 is 0 Å². The number of rotatable bonds is 2. The number of hydrogen-bond donors (Lipinski definition) is 1. The van der Waals surface area contributed by atoms with Crippen LogP contribution in [0.2, 0.25) is 0 Å². The van der Waals surface area contributed by atoms with Crippen LogP contribution in [0, 0.1) is 0 Å². The summed E-state index contributed by atoms with van der Waals surface area (Å²) >= 11 is 0. The number of para-hydroxylation sites is 1. The molecular weight excluding hydrogens is 269 g/mol.